The van der Waals surface area contributed by atoms with Crippen LogP contribution in [0.15, 0.2) is 12.3 Å². The van der Waals surface area contributed by atoms with Crippen molar-refractivity contribution < 1.29 is 40.7 Å². The van der Waals surface area contributed by atoms with Gasteiger partial charge in [-0.25, -0.2) is 24.0 Å². The van der Waals surface area contributed by atoms with Gasteiger partial charge < -0.3 is 15.8 Å². The van der Waals surface area contributed by atoms with E-state index in [-0.39, 0.29) is 59.2 Å². The summed E-state index contributed by atoms with van der Waals surface area (Å²) < 4.78 is 84.6. The zero-order chi connectivity index (χ0) is 28.0. The molecule has 10 nitrogen and oxygen atoms in total. The highest BCUT2D eigenvalue weighted by atomic mass is 19.4. The summed E-state index contributed by atoms with van der Waals surface area (Å²) in [6.45, 7) is 2.43. The molecule has 1 amide bonds. The Hall–Kier alpha value is -3.98. The standard InChI is InChI=1S/C22H21F6N7O3/c1-3-38-12(36)4-5-20(2)13-15(29)31-17(32-16(13)33-19(20)37)14-11-8-10(23)9-30-18(11)35(34-14)7-6-21(24,25)22(26,27)28/h8-9H,3-7H2,1-2H3,(H3,29,31,32,33,37). The Labute approximate surface area is 210 Å². The molecule has 0 aliphatic carbocycles. The Kier molecular flexibility index (Phi) is 6.69. The van der Waals surface area contributed by atoms with Gasteiger partial charge in [-0.05, 0) is 26.3 Å². The first-order valence-electron chi connectivity index (χ1n) is 11.3. The number of nitrogens with one attached hydrogen (secondary N) is 1. The van der Waals surface area contributed by atoms with Gasteiger partial charge in [0.25, 0.3) is 0 Å². The van der Waals surface area contributed by atoms with Crippen LogP contribution in [-0.4, -0.2) is 55.3 Å². The van der Waals surface area contributed by atoms with Crippen molar-refractivity contribution in [2.24, 2.45) is 0 Å². The molecule has 0 fully saturated rings. The van der Waals surface area contributed by atoms with Crippen molar-refractivity contribution in [2.45, 2.75) is 57.2 Å². The van der Waals surface area contributed by atoms with Crippen molar-refractivity contribution in [2.75, 3.05) is 17.7 Å². The molecule has 0 radical (unpaired) electrons. The first-order chi connectivity index (χ1) is 17.7. The van der Waals surface area contributed by atoms with Crippen LogP contribution in [0.2, 0.25) is 0 Å². The van der Waals surface area contributed by atoms with Gasteiger partial charge in [-0.3, -0.25) is 9.59 Å². The molecule has 4 heterocycles. The zero-order valence-corrected chi connectivity index (χ0v) is 20.0. The quantitative estimate of drug-likeness (QED) is 0.323. The van der Waals surface area contributed by atoms with Crippen LogP contribution in [0.3, 0.4) is 0 Å². The summed E-state index contributed by atoms with van der Waals surface area (Å²) in [6.07, 6.45) is -6.74. The van der Waals surface area contributed by atoms with Gasteiger partial charge in [0.15, 0.2) is 11.5 Å². The number of pyridine rings is 1. The van der Waals surface area contributed by atoms with E-state index < -0.39 is 48.2 Å². The van der Waals surface area contributed by atoms with E-state index in [9.17, 15) is 35.9 Å². The van der Waals surface area contributed by atoms with E-state index in [0.29, 0.717) is 0 Å². The number of aryl methyl sites for hydroxylation is 1. The van der Waals surface area contributed by atoms with Crippen molar-refractivity contribution in [3.8, 4) is 11.5 Å². The van der Waals surface area contributed by atoms with E-state index in [2.05, 4.69) is 25.4 Å². The summed E-state index contributed by atoms with van der Waals surface area (Å²) in [5, 5.41) is 6.50. The third kappa shape index (κ3) is 4.69. The number of ether oxygens (including phenoxy) is 1. The Morgan fingerprint density at radius 3 is 2.61 bits per heavy atom. The molecule has 38 heavy (non-hydrogen) atoms. The number of hydrogen-bond acceptors (Lipinski definition) is 8. The Balaban J connectivity index is 1.74. The number of rotatable bonds is 8. The van der Waals surface area contributed by atoms with Crippen LogP contribution in [0.1, 0.15) is 38.7 Å². The molecule has 16 heteroatoms. The number of esters is 1. The second-order valence-electron chi connectivity index (χ2n) is 8.80. The number of aromatic nitrogens is 5. The van der Waals surface area contributed by atoms with Crippen LogP contribution >= 0.6 is 0 Å². The van der Waals surface area contributed by atoms with Gasteiger partial charge in [0.1, 0.15) is 23.1 Å². The summed E-state index contributed by atoms with van der Waals surface area (Å²) in [6, 6.07) is 0.942. The molecule has 1 aliphatic rings. The first kappa shape index (κ1) is 27.1. The van der Waals surface area contributed by atoms with Crippen LogP contribution < -0.4 is 11.1 Å². The number of carbonyl (C=O) groups is 2. The minimum Gasteiger partial charge on any atom is -0.466 e. The number of nitrogen functional groups attached to an aromatic ring is 1. The molecule has 204 valence electrons. The fourth-order valence-electron chi connectivity index (χ4n) is 4.14. The number of halogens is 6. The molecule has 1 unspecified atom stereocenters. The lowest BCUT2D eigenvalue weighted by atomic mass is 9.80. The average Bonchev–Trinajstić information content (AvgIpc) is 3.30. The second-order valence-corrected chi connectivity index (χ2v) is 8.80. The summed E-state index contributed by atoms with van der Waals surface area (Å²) >= 11 is 0. The topological polar surface area (TPSA) is 138 Å². The van der Waals surface area contributed by atoms with Crippen molar-refractivity contribution in [3.63, 3.8) is 0 Å². The monoisotopic (exact) mass is 545 g/mol. The largest absolute Gasteiger partial charge is 0.466 e. The van der Waals surface area contributed by atoms with E-state index in [4.69, 9.17) is 10.5 Å². The molecule has 3 N–H and O–H groups in total. The minimum absolute atomic E-state index is 0.0143. The number of anilines is 2. The number of amides is 1. The number of hydrogen-bond donors (Lipinski definition) is 2. The lowest BCUT2D eigenvalue weighted by molar-refractivity contribution is -0.285. The maximum atomic E-state index is 14.0. The summed E-state index contributed by atoms with van der Waals surface area (Å²) in [7, 11) is 0. The number of nitrogens with two attached hydrogens (primary N) is 1. The van der Waals surface area contributed by atoms with Crippen LogP contribution in [0.25, 0.3) is 22.6 Å². The van der Waals surface area contributed by atoms with E-state index in [1.54, 1.807) is 6.92 Å². The summed E-state index contributed by atoms with van der Waals surface area (Å²) in [4.78, 5) is 36.8. The minimum atomic E-state index is -5.77. The normalized spacial score (nSPS) is 17.5. The molecule has 0 bridgehead atoms. The van der Waals surface area contributed by atoms with Crippen LogP contribution in [0, 0.1) is 5.82 Å². The Morgan fingerprint density at radius 2 is 1.95 bits per heavy atom. The second kappa shape index (κ2) is 9.40. The van der Waals surface area contributed by atoms with Crippen molar-refractivity contribution in [3.05, 3.63) is 23.6 Å². The van der Waals surface area contributed by atoms with Crippen molar-refractivity contribution in [1.82, 2.24) is 24.7 Å². The van der Waals surface area contributed by atoms with Crippen LogP contribution in [0.5, 0.6) is 0 Å². The molecule has 3 aromatic rings. The fraction of sp³-hybridized carbons (Fsp3) is 0.455. The van der Waals surface area contributed by atoms with Gasteiger partial charge in [-0.2, -0.15) is 27.1 Å². The maximum Gasteiger partial charge on any atom is 0.453 e. The van der Waals surface area contributed by atoms with Gasteiger partial charge in [-0.1, -0.05) is 0 Å². The highest BCUT2D eigenvalue weighted by Crippen LogP contribution is 2.44. The maximum absolute atomic E-state index is 14.0. The lowest BCUT2D eigenvalue weighted by Gasteiger charge is -2.22. The van der Waals surface area contributed by atoms with E-state index in [0.717, 1.165) is 16.9 Å². The number of nitrogens with zero attached hydrogens (tertiary/aromatic N) is 5. The molecule has 0 saturated carbocycles. The molecular formula is C22H21F6N7O3. The highest BCUT2D eigenvalue weighted by molar-refractivity contribution is 6.07. The molecule has 3 aromatic heterocycles. The molecule has 0 saturated heterocycles. The SMILES string of the molecule is CCOC(=O)CCC1(C)C(=O)Nc2nc(-c3nn(CCC(F)(F)C(F)(F)F)c4ncc(F)cc34)nc(N)c21. The van der Waals surface area contributed by atoms with Gasteiger partial charge in [-0.15, -0.1) is 0 Å². The van der Waals surface area contributed by atoms with Gasteiger partial charge in [0.05, 0.1) is 29.2 Å². The third-order valence-electron chi connectivity index (χ3n) is 6.17. The number of fused-ring (bicyclic) bond motifs is 2. The Morgan fingerprint density at radius 1 is 1.24 bits per heavy atom. The zero-order valence-electron chi connectivity index (χ0n) is 20.0. The molecule has 0 aromatic carbocycles. The van der Waals surface area contributed by atoms with E-state index in [1.165, 1.54) is 6.92 Å². The highest BCUT2D eigenvalue weighted by Gasteiger charge is 2.56. The molecule has 1 aliphatic heterocycles. The number of carbonyl (C=O) groups excluding carboxylic acids is 2. The van der Waals surface area contributed by atoms with Crippen LogP contribution in [-0.2, 0) is 26.3 Å². The first-order valence-corrected chi connectivity index (χ1v) is 11.3. The average molecular weight is 545 g/mol. The lowest BCUT2D eigenvalue weighted by Crippen LogP contribution is -2.37. The van der Waals surface area contributed by atoms with Gasteiger partial charge >= 0.3 is 18.1 Å². The van der Waals surface area contributed by atoms with Crippen molar-refractivity contribution >= 4 is 34.5 Å². The fourth-order valence-corrected chi connectivity index (χ4v) is 4.14. The third-order valence-corrected chi connectivity index (χ3v) is 6.17. The molecule has 0 spiro atoms. The number of alkyl halides is 5. The molecule has 4 rings (SSSR count). The summed E-state index contributed by atoms with van der Waals surface area (Å²) in [5.74, 6) is -7.33. The Bertz CT molecular complexity index is 1420. The predicted octanol–water partition coefficient (Wildman–Crippen LogP) is 3.75. The predicted molar refractivity (Wildman–Crippen MR) is 120 cm³/mol. The molecule has 1 atom stereocenters. The summed E-state index contributed by atoms with van der Waals surface area (Å²) in [5.41, 5.74) is 4.67. The van der Waals surface area contributed by atoms with Gasteiger partial charge in [0.2, 0.25) is 5.91 Å². The van der Waals surface area contributed by atoms with E-state index >= 15 is 0 Å². The molecular weight excluding hydrogens is 524 g/mol. The van der Waals surface area contributed by atoms with E-state index in [1.807, 2.05) is 0 Å². The smallest absolute Gasteiger partial charge is 0.453 e. The van der Waals surface area contributed by atoms with Crippen LogP contribution in [0.4, 0.5) is 38.0 Å². The van der Waals surface area contributed by atoms with Crippen molar-refractivity contribution in [1.29, 1.82) is 0 Å². The van der Waals surface area contributed by atoms with Gasteiger partial charge in [0, 0.05) is 19.4 Å².